The number of hydrogen-bond acceptors (Lipinski definition) is 8. The largest absolute Gasteiger partial charge is 0.418 e. The number of benzene rings is 2. The Balaban J connectivity index is 1.19. The quantitative estimate of drug-likeness (QED) is 0.204. The van der Waals surface area contributed by atoms with Crippen molar-refractivity contribution in [2.45, 2.75) is 37.5 Å². The fraction of sp³-hybridized carbons (Fsp3) is 0.333. The monoisotopic (exact) mass is 627 g/mol. The van der Waals surface area contributed by atoms with Crippen LogP contribution < -0.4 is 20.9 Å². The van der Waals surface area contributed by atoms with Crippen LogP contribution in [-0.2, 0) is 6.18 Å². The van der Waals surface area contributed by atoms with E-state index in [1.54, 1.807) is 10.3 Å². The highest BCUT2D eigenvalue weighted by Crippen LogP contribution is 2.39. The number of alkyl halides is 3. The molecule has 0 unspecified atom stereocenters. The Kier molecular flexibility index (Phi) is 7.88. The summed E-state index contributed by atoms with van der Waals surface area (Å²) >= 11 is 1.29. The van der Waals surface area contributed by atoms with Crippen molar-refractivity contribution in [2.75, 3.05) is 48.0 Å². The van der Waals surface area contributed by atoms with Gasteiger partial charge in [-0.25, -0.2) is 14.4 Å². The summed E-state index contributed by atoms with van der Waals surface area (Å²) in [6.07, 6.45) is -0.510. The molecule has 0 bridgehead atoms. The second-order valence-corrected chi connectivity index (χ2v) is 12.0. The van der Waals surface area contributed by atoms with Gasteiger partial charge in [0, 0.05) is 47.5 Å². The normalized spacial score (nSPS) is 16.9. The van der Waals surface area contributed by atoms with Gasteiger partial charge >= 0.3 is 6.18 Å². The molecule has 2 fully saturated rings. The van der Waals surface area contributed by atoms with E-state index in [-0.39, 0.29) is 34.2 Å². The Hall–Kier alpha value is -4.30. The molecule has 9 nitrogen and oxygen atoms in total. The van der Waals surface area contributed by atoms with E-state index in [2.05, 4.69) is 25.9 Å². The van der Waals surface area contributed by atoms with Gasteiger partial charge in [0.1, 0.15) is 18.0 Å². The minimum absolute atomic E-state index is 0.0202. The summed E-state index contributed by atoms with van der Waals surface area (Å²) < 4.78 is 57.7. The highest BCUT2D eigenvalue weighted by Gasteiger charge is 2.37. The van der Waals surface area contributed by atoms with Crippen molar-refractivity contribution in [1.82, 2.24) is 14.9 Å². The number of thiophene rings is 1. The van der Waals surface area contributed by atoms with Crippen LogP contribution in [0.2, 0.25) is 0 Å². The molecular formula is C30H29F4N7O2S. The highest BCUT2D eigenvalue weighted by atomic mass is 32.1. The van der Waals surface area contributed by atoms with Crippen LogP contribution in [0.5, 0.6) is 0 Å². The zero-order valence-electron chi connectivity index (χ0n) is 23.8. The lowest BCUT2D eigenvalue weighted by molar-refractivity contribution is -0.137. The molecule has 0 spiro atoms. The second kappa shape index (κ2) is 11.7. The molecule has 0 radical (unpaired) electrons. The lowest BCUT2D eigenvalue weighted by Gasteiger charge is -2.25. The first-order valence-corrected chi connectivity index (χ1v) is 14.9. The van der Waals surface area contributed by atoms with Gasteiger partial charge < -0.3 is 25.8 Å². The Labute approximate surface area is 254 Å². The molecule has 230 valence electrons. The third-order valence-corrected chi connectivity index (χ3v) is 8.76. The average molecular weight is 628 g/mol. The molecule has 44 heavy (non-hydrogen) atoms. The average Bonchev–Trinajstić information content (AvgIpc) is 3.47. The van der Waals surface area contributed by atoms with Crippen LogP contribution >= 0.6 is 11.3 Å². The number of fused-ring (bicyclic) bond motifs is 1. The lowest BCUT2D eigenvalue weighted by Crippen LogP contribution is -2.32. The third-order valence-electron chi connectivity index (χ3n) is 7.79. The second-order valence-electron chi connectivity index (χ2n) is 11.2. The highest BCUT2D eigenvalue weighted by molar-refractivity contribution is 7.18. The van der Waals surface area contributed by atoms with E-state index in [0.29, 0.717) is 35.2 Å². The summed E-state index contributed by atoms with van der Waals surface area (Å²) in [5, 5.41) is 9.94. The molecule has 2 aromatic carbocycles. The van der Waals surface area contributed by atoms with E-state index >= 15 is 0 Å². The smallest absolute Gasteiger partial charge is 0.369 e. The van der Waals surface area contributed by atoms with Gasteiger partial charge in [-0.2, -0.15) is 13.2 Å². The van der Waals surface area contributed by atoms with E-state index in [1.165, 1.54) is 41.9 Å². The molecule has 3 heterocycles. The molecule has 1 saturated heterocycles. The predicted octanol–water partition coefficient (Wildman–Crippen LogP) is 6.07. The first kappa shape index (κ1) is 29.8. The standard InChI is InChI=1S/C30H29F4N7O2S/c1-40(2)19-9-10-41(13-19)24-8-3-16(11-21(24)30(32,33)34)28(42)38-18-6-7-22(31)23(12-18)39-29(43)20-14-44-26-25(20)35-15-36-27(26)37-17-4-5-17/h3,6-8,11-12,14-15,17,19H,4-5,9-10,13H2,1-2H3,(H,38,42)(H,39,43)(H,35,36,37)/t19-/m1/s1. The first-order chi connectivity index (χ1) is 21.0. The molecule has 1 saturated carbocycles. The van der Waals surface area contributed by atoms with Gasteiger partial charge in [0.15, 0.2) is 0 Å². The van der Waals surface area contributed by atoms with Crippen molar-refractivity contribution >= 4 is 56.2 Å². The van der Waals surface area contributed by atoms with Gasteiger partial charge in [-0.15, -0.1) is 11.3 Å². The zero-order chi connectivity index (χ0) is 31.2. The van der Waals surface area contributed by atoms with Crippen molar-refractivity contribution < 1.29 is 27.2 Å². The van der Waals surface area contributed by atoms with Crippen molar-refractivity contribution in [2.24, 2.45) is 0 Å². The summed E-state index contributed by atoms with van der Waals surface area (Å²) in [6.45, 7) is 0.909. The van der Waals surface area contributed by atoms with E-state index in [0.717, 1.165) is 31.4 Å². The van der Waals surface area contributed by atoms with E-state index in [4.69, 9.17) is 0 Å². The van der Waals surface area contributed by atoms with Crippen LogP contribution in [0.15, 0.2) is 48.1 Å². The van der Waals surface area contributed by atoms with Crippen molar-refractivity contribution in [3.8, 4) is 0 Å². The van der Waals surface area contributed by atoms with Gasteiger partial charge in [0.2, 0.25) is 0 Å². The van der Waals surface area contributed by atoms with E-state index < -0.39 is 29.4 Å². The number of amides is 2. The molecule has 2 aromatic heterocycles. The fourth-order valence-electron chi connectivity index (χ4n) is 5.19. The summed E-state index contributed by atoms with van der Waals surface area (Å²) in [4.78, 5) is 38.3. The Morgan fingerprint density at radius 3 is 2.52 bits per heavy atom. The van der Waals surface area contributed by atoms with Crippen LogP contribution in [0, 0.1) is 5.82 Å². The molecule has 1 aliphatic carbocycles. The molecular weight excluding hydrogens is 598 g/mol. The molecule has 2 amide bonds. The topological polar surface area (TPSA) is 102 Å². The molecule has 1 atom stereocenters. The predicted molar refractivity (Wildman–Crippen MR) is 162 cm³/mol. The van der Waals surface area contributed by atoms with Crippen LogP contribution in [0.3, 0.4) is 0 Å². The summed E-state index contributed by atoms with van der Waals surface area (Å²) in [7, 11) is 3.78. The van der Waals surface area contributed by atoms with Crippen molar-refractivity contribution in [1.29, 1.82) is 0 Å². The Morgan fingerprint density at radius 1 is 1.02 bits per heavy atom. The maximum Gasteiger partial charge on any atom is 0.418 e. The number of likely N-dealkylation sites (N-methyl/N-ethyl adjacent to an activating group) is 1. The number of halogens is 4. The minimum atomic E-state index is -4.68. The number of nitrogens with zero attached hydrogens (tertiary/aromatic N) is 4. The Morgan fingerprint density at radius 2 is 1.82 bits per heavy atom. The van der Waals surface area contributed by atoms with E-state index in [1.807, 2.05) is 19.0 Å². The number of carbonyl (C=O) groups excluding carboxylic acids is 2. The summed E-state index contributed by atoms with van der Waals surface area (Å²) in [5.41, 5.74) is -0.565. The number of carbonyl (C=O) groups is 2. The van der Waals surface area contributed by atoms with Gasteiger partial charge in [-0.1, -0.05) is 0 Å². The minimum Gasteiger partial charge on any atom is -0.369 e. The van der Waals surface area contributed by atoms with Gasteiger partial charge in [0.05, 0.1) is 27.0 Å². The molecule has 4 aromatic rings. The summed E-state index contributed by atoms with van der Waals surface area (Å²) in [6, 6.07) is 7.47. The molecule has 14 heteroatoms. The first-order valence-electron chi connectivity index (χ1n) is 14.0. The van der Waals surface area contributed by atoms with Crippen LogP contribution in [-0.4, -0.2) is 66.0 Å². The maximum absolute atomic E-state index is 14.7. The van der Waals surface area contributed by atoms with Crippen molar-refractivity contribution in [3.63, 3.8) is 0 Å². The fourth-order valence-corrected chi connectivity index (χ4v) is 6.14. The van der Waals surface area contributed by atoms with Crippen LogP contribution in [0.1, 0.15) is 45.5 Å². The number of hydrogen-bond donors (Lipinski definition) is 3. The third kappa shape index (κ3) is 6.17. The van der Waals surface area contributed by atoms with Crippen LogP contribution in [0.25, 0.3) is 10.2 Å². The Bertz CT molecular complexity index is 1740. The summed E-state index contributed by atoms with van der Waals surface area (Å²) in [5.74, 6) is -1.54. The number of nitrogens with one attached hydrogen (secondary N) is 3. The van der Waals surface area contributed by atoms with Crippen LogP contribution in [0.4, 0.5) is 40.4 Å². The number of rotatable bonds is 8. The van der Waals surface area contributed by atoms with Gasteiger partial charge in [-0.05, 0) is 69.8 Å². The zero-order valence-corrected chi connectivity index (χ0v) is 24.7. The maximum atomic E-state index is 14.7. The number of aromatic nitrogens is 2. The molecule has 1 aliphatic heterocycles. The SMILES string of the molecule is CN(C)[C@@H]1CCN(c2ccc(C(=O)Nc3ccc(F)c(NC(=O)c4csc5c(NC6CC6)ncnc45)c3)cc2C(F)(F)F)C1. The van der Waals surface area contributed by atoms with Crippen molar-refractivity contribution in [3.05, 3.63) is 70.6 Å². The lowest BCUT2D eigenvalue weighted by atomic mass is 10.1. The van der Waals surface area contributed by atoms with Gasteiger partial charge in [-0.3, -0.25) is 9.59 Å². The number of anilines is 4. The van der Waals surface area contributed by atoms with Gasteiger partial charge in [0.25, 0.3) is 11.8 Å². The molecule has 6 rings (SSSR count). The van der Waals surface area contributed by atoms with E-state index in [9.17, 15) is 27.2 Å². The molecule has 2 aliphatic rings. The molecule has 3 N–H and O–H groups in total.